The Hall–Kier alpha value is -0.410. The minimum Gasteiger partial charge on any atom is -0.319 e. The molecule has 0 saturated heterocycles. The van der Waals surface area contributed by atoms with E-state index in [0.29, 0.717) is 11.8 Å². The zero-order valence-corrected chi connectivity index (χ0v) is 10.6. The first-order valence-electron chi connectivity index (χ1n) is 5.82. The third-order valence-corrected chi connectivity index (χ3v) is 4.46. The second-order valence-corrected chi connectivity index (χ2v) is 5.76. The van der Waals surface area contributed by atoms with Crippen LogP contribution in [0.5, 0.6) is 0 Å². The Bertz CT molecular complexity index is 341. The molecule has 1 unspecified atom stereocenters. The summed E-state index contributed by atoms with van der Waals surface area (Å²) in [7, 11) is 0. The first-order valence-corrected chi connectivity index (χ1v) is 6.70. The van der Waals surface area contributed by atoms with E-state index in [2.05, 4.69) is 26.2 Å². The average Bonchev–Trinajstić information content (AvgIpc) is 2.94. The van der Waals surface area contributed by atoms with E-state index in [9.17, 15) is 0 Å². The summed E-state index contributed by atoms with van der Waals surface area (Å²) >= 11 is 1.74. The van der Waals surface area contributed by atoms with Crippen molar-refractivity contribution in [3.63, 3.8) is 0 Å². The Balaban J connectivity index is 2.26. The normalized spacial score (nSPS) is 20.6. The molecule has 1 fully saturated rings. The molecule has 0 aliphatic heterocycles. The van der Waals surface area contributed by atoms with Crippen molar-refractivity contribution in [1.29, 1.82) is 0 Å². The van der Waals surface area contributed by atoms with Crippen molar-refractivity contribution in [3.05, 3.63) is 16.1 Å². The van der Waals surface area contributed by atoms with E-state index in [1.807, 2.05) is 0 Å². The van der Waals surface area contributed by atoms with Crippen LogP contribution in [-0.4, -0.2) is 4.98 Å². The van der Waals surface area contributed by atoms with Gasteiger partial charge in [0, 0.05) is 5.38 Å². The highest BCUT2D eigenvalue weighted by atomic mass is 32.1. The van der Waals surface area contributed by atoms with Gasteiger partial charge in [0.15, 0.2) is 0 Å². The lowest BCUT2D eigenvalue weighted by molar-refractivity contribution is 0.367. The molecule has 3 heteroatoms. The Morgan fingerprint density at radius 3 is 2.67 bits per heavy atom. The summed E-state index contributed by atoms with van der Waals surface area (Å²) in [6.45, 7) is 6.54. The molecule has 1 heterocycles. The van der Waals surface area contributed by atoms with Crippen LogP contribution in [0.1, 0.15) is 56.7 Å². The van der Waals surface area contributed by atoms with Crippen LogP contribution in [0, 0.1) is 5.92 Å². The molecule has 15 heavy (non-hydrogen) atoms. The molecule has 1 saturated carbocycles. The van der Waals surface area contributed by atoms with Gasteiger partial charge in [-0.1, -0.05) is 20.8 Å². The average molecular weight is 224 g/mol. The van der Waals surface area contributed by atoms with E-state index < -0.39 is 0 Å². The zero-order chi connectivity index (χ0) is 11.1. The molecular formula is C12H20N2S. The molecule has 1 aliphatic rings. The highest BCUT2D eigenvalue weighted by Crippen LogP contribution is 2.46. The van der Waals surface area contributed by atoms with Gasteiger partial charge in [0.05, 0.1) is 11.2 Å². The van der Waals surface area contributed by atoms with Gasteiger partial charge in [-0.15, -0.1) is 11.3 Å². The molecule has 0 bridgehead atoms. The fourth-order valence-electron chi connectivity index (χ4n) is 1.98. The van der Waals surface area contributed by atoms with E-state index in [0.717, 1.165) is 11.4 Å². The van der Waals surface area contributed by atoms with Gasteiger partial charge in [-0.05, 0) is 31.1 Å². The van der Waals surface area contributed by atoms with E-state index in [-0.39, 0.29) is 5.54 Å². The topological polar surface area (TPSA) is 38.9 Å². The van der Waals surface area contributed by atoms with E-state index in [1.54, 1.807) is 11.3 Å². The fourth-order valence-corrected chi connectivity index (χ4v) is 3.22. The maximum absolute atomic E-state index is 6.49. The standard InChI is InChI=1S/C12H20N2S/c1-4-12(13,9-5-6-9)11-14-10(7-15-11)8(2)3/h7-9H,4-6,13H2,1-3H3. The van der Waals surface area contributed by atoms with Gasteiger partial charge in [0.1, 0.15) is 5.01 Å². The van der Waals surface area contributed by atoms with Crippen LogP contribution >= 0.6 is 11.3 Å². The van der Waals surface area contributed by atoms with E-state index in [1.165, 1.54) is 18.5 Å². The number of thiazole rings is 1. The lowest BCUT2D eigenvalue weighted by atomic mass is 9.92. The molecule has 0 spiro atoms. The van der Waals surface area contributed by atoms with Gasteiger partial charge in [0.2, 0.25) is 0 Å². The van der Waals surface area contributed by atoms with E-state index >= 15 is 0 Å². The molecule has 1 aromatic rings. The van der Waals surface area contributed by atoms with Crippen molar-refractivity contribution in [2.75, 3.05) is 0 Å². The first-order chi connectivity index (χ1) is 7.08. The molecule has 2 nitrogen and oxygen atoms in total. The van der Waals surface area contributed by atoms with Gasteiger partial charge in [0.25, 0.3) is 0 Å². The lowest BCUT2D eigenvalue weighted by Gasteiger charge is -2.25. The molecule has 1 aliphatic carbocycles. The summed E-state index contributed by atoms with van der Waals surface area (Å²) in [5.41, 5.74) is 7.54. The van der Waals surface area contributed by atoms with Crippen molar-refractivity contribution in [3.8, 4) is 0 Å². The Kier molecular flexibility index (Phi) is 2.86. The lowest BCUT2D eigenvalue weighted by Crippen LogP contribution is -2.38. The predicted molar refractivity (Wildman–Crippen MR) is 65.1 cm³/mol. The maximum Gasteiger partial charge on any atom is 0.113 e. The van der Waals surface area contributed by atoms with Crippen molar-refractivity contribution < 1.29 is 0 Å². The van der Waals surface area contributed by atoms with Crippen LogP contribution in [0.3, 0.4) is 0 Å². The van der Waals surface area contributed by atoms with Crippen molar-refractivity contribution in [2.24, 2.45) is 11.7 Å². The molecule has 0 amide bonds. The summed E-state index contributed by atoms with van der Waals surface area (Å²) in [5, 5.41) is 3.32. The van der Waals surface area contributed by atoms with Gasteiger partial charge < -0.3 is 5.73 Å². The van der Waals surface area contributed by atoms with Crippen LogP contribution in [0.15, 0.2) is 5.38 Å². The highest BCUT2D eigenvalue weighted by molar-refractivity contribution is 7.09. The summed E-state index contributed by atoms with van der Waals surface area (Å²) in [4.78, 5) is 4.71. The summed E-state index contributed by atoms with van der Waals surface area (Å²) in [5.74, 6) is 1.18. The predicted octanol–water partition coefficient (Wildman–Crippen LogP) is 3.24. The molecule has 1 aromatic heterocycles. The minimum absolute atomic E-state index is 0.141. The second-order valence-electron chi connectivity index (χ2n) is 4.90. The van der Waals surface area contributed by atoms with Crippen LogP contribution in [-0.2, 0) is 5.54 Å². The smallest absolute Gasteiger partial charge is 0.113 e. The largest absolute Gasteiger partial charge is 0.319 e. The van der Waals surface area contributed by atoms with Gasteiger partial charge in [-0.25, -0.2) is 4.98 Å². The molecule has 2 N–H and O–H groups in total. The fraction of sp³-hybridized carbons (Fsp3) is 0.750. The Labute approximate surface area is 95.9 Å². The quantitative estimate of drug-likeness (QED) is 0.852. The molecule has 0 aromatic carbocycles. The maximum atomic E-state index is 6.49. The zero-order valence-electron chi connectivity index (χ0n) is 9.79. The summed E-state index contributed by atoms with van der Waals surface area (Å²) in [6.07, 6.45) is 3.56. The van der Waals surface area contributed by atoms with Crippen LogP contribution < -0.4 is 5.73 Å². The van der Waals surface area contributed by atoms with Crippen LogP contribution in [0.4, 0.5) is 0 Å². The molecule has 2 rings (SSSR count). The Morgan fingerprint density at radius 2 is 2.27 bits per heavy atom. The number of hydrogen-bond acceptors (Lipinski definition) is 3. The van der Waals surface area contributed by atoms with Gasteiger partial charge in [-0.3, -0.25) is 0 Å². The molecular weight excluding hydrogens is 204 g/mol. The number of nitrogens with two attached hydrogens (primary N) is 1. The number of nitrogens with zero attached hydrogens (tertiary/aromatic N) is 1. The third-order valence-electron chi connectivity index (χ3n) is 3.40. The SMILES string of the molecule is CCC(N)(c1nc(C(C)C)cs1)C1CC1. The number of hydrogen-bond donors (Lipinski definition) is 1. The second kappa shape index (κ2) is 3.87. The minimum atomic E-state index is -0.141. The van der Waals surface area contributed by atoms with Crippen LogP contribution in [0.2, 0.25) is 0 Å². The first kappa shape index (κ1) is 11.1. The number of rotatable bonds is 4. The van der Waals surface area contributed by atoms with Gasteiger partial charge >= 0.3 is 0 Å². The van der Waals surface area contributed by atoms with Crippen molar-refractivity contribution in [1.82, 2.24) is 4.98 Å². The molecule has 1 atom stereocenters. The van der Waals surface area contributed by atoms with Crippen molar-refractivity contribution in [2.45, 2.75) is 51.5 Å². The van der Waals surface area contributed by atoms with Crippen LogP contribution in [0.25, 0.3) is 0 Å². The summed E-state index contributed by atoms with van der Waals surface area (Å²) in [6, 6.07) is 0. The van der Waals surface area contributed by atoms with Crippen molar-refractivity contribution >= 4 is 11.3 Å². The Morgan fingerprint density at radius 1 is 1.60 bits per heavy atom. The molecule has 84 valence electrons. The summed E-state index contributed by atoms with van der Waals surface area (Å²) < 4.78 is 0. The highest BCUT2D eigenvalue weighted by Gasteiger charge is 2.44. The van der Waals surface area contributed by atoms with Gasteiger partial charge in [-0.2, -0.15) is 0 Å². The third kappa shape index (κ3) is 1.95. The van der Waals surface area contributed by atoms with E-state index in [4.69, 9.17) is 10.7 Å². The monoisotopic (exact) mass is 224 g/mol. The number of aromatic nitrogens is 1. The molecule has 0 radical (unpaired) electrons.